The molecule has 1 saturated carbocycles. The van der Waals surface area contributed by atoms with E-state index < -0.39 is 0 Å². The molecular formula is C18H31N3. The Labute approximate surface area is 129 Å². The Bertz CT molecular complexity index is 406. The van der Waals surface area contributed by atoms with Gasteiger partial charge in [0.1, 0.15) is 0 Å². The summed E-state index contributed by atoms with van der Waals surface area (Å²) in [6.07, 6.45) is 10.7. The van der Waals surface area contributed by atoms with Gasteiger partial charge in [0.25, 0.3) is 0 Å². The maximum Gasteiger partial charge on any atom is 0.0416 e. The van der Waals surface area contributed by atoms with Gasteiger partial charge in [0.05, 0.1) is 0 Å². The zero-order valence-electron chi connectivity index (χ0n) is 13.7. The molecule has 0 saturated heterocycles. The molecule has 2 rings (SSSR count). The van der Waals surface area contributed by atoms with Crippen molar-refractivity contribution in [3.05, 3.63) is 30.1 Å². The molecular weight excluding hydrogens is 258 g/mol. The summed E-state index contributed by atoms with van der Waals surface area (Å²) in [5, 5.41) is 0. The average Bonchev–Trinajstić information content (AvgIpc) is 2.76. The third-order valence-corrected chi connectivity index (χ3v) is 5.47. The van der Waals surface area contributed by atoms with Crippen LogP contribution in [-0.2, 0) is 6.42 Å². The lowest BCUT2D eigenvalue weighted by atomic mass is 9.87. The minimum Gasteiger partial charge on any atom is -0.329 e. The molecule has 2 atom stereocenters. The Morgan fingerprint density at radius 2 is 2.19 bits per heavy atom. The molecule has 0 spiro atoms. The largest absolute Gasteiger partial charge is 0.329 e. The zero-order valence-corrected chi connectivity index (χ0v) is 13.7. The van der Waals surface area contributed by atoms with Crippen LogP contribution < -0.4 is 5.73 Å². The molecule has 1 aliphatic carbocycles. The first-order chi connectivity index (χ1) is 10.2. The van der Waals surface area contributed by atoms with Crippen molar-refractivity contribution in [1.82, 2.24) is 9.88 Å². The van der Waals surface area contributed by atoms with E-state index in [2.05, 4.69) is 36.0 Å². The topological polar surface area (TPSA) is 42.1 Å². The molecule has 0 bridgehead atoms. The van der Waals surface area contributed by atoms with Crippen molar-refractivity contribution in [3.8, 4) is 0 Å². The molecule has 118 valence electrons. The van der Waals surface area contributed by atoms with Crippen LogP contribution >= 0.6 is 0 Å². The Kier molecular flexibility index (Phi) is 6.19. The first kappa shape index (κ1) is 16.4. The van der Waals surface area contributed by atoms with Gasteiger partial charge in [-0.2, -0.15) is 0 Å². The zero-order chi connectivity index (χ0) is 15.1. The molecule has 1 aliphatic rings. The van der Waals surface area contributed by atoms with Gasteiger partial charge in [0.15, 0.2) is 0 Å². The molecule has 0 aliphatic heterocycles. The number of hydrogen-bond acceptors (Lipinski definition) is 3. The average molecular weight is 289 g/mol. The third-order valence-electron chi connectivity index (χ3n) is 5.47. The number of likely N-dealkylation sites (N-methyl/N-ethyl adjacent to an activating group) is 1. The van der Waals surface area contributed by atoms with Crippen molar-refractivity contribution in [3.63, 3.8) is 0 Å². The van der Waals surface area contributed by atoms with Crippen molar-refractivity contribution >= 4 is 0 Å². The minimum absolute atomic E-state index is 0.207. The molecule has 1 aromatic heterocycles. The number of nitrogens with two attached hydrogens (primary N) is 1. The van der Waals surface area contributed by atoms with Crippen LogP contribution in [0.1, 0.15) is 51.1 Å². The van der Waals surface area contributed by atoms with Gasteiger partial charge in [-0.15, -0.1) is 0 Å². The monoisotopic (exact) mass is 289 g/mol. The van der Waals surface area contributed by atoms with Crippen molar-refractivity contribution in [2.24, 2.45) is 11.7 Å². The van der Waals surface area contributed by atoms with Crippen molar-refractivity contribution < 1.29 is 0 Å². The quantitative estimate of drug-likeness (QED) is 0.817. The van der Waals surface area contributed by atoms with E-state index in [1.807, 2.05) is 12.3 Å². The normalized spacial score (nSPS) is 26.8. The summed E-state index contributed by atoms with van der Waals surface area (Å²) in [5.41, 5.74) is 7.59. The van der Waals surface area contributed by atoms with Gasteiger partial charge in [-0.25, -0.2) is 0 Å². The molecule has 0 radical (unpaired) electrons. The first-order valence-electron chi connectivity index (χ1n) is 8.51. The second-order valence-corrected chi connectivity index (χ2v) is 6.63. The van der Waals surface area contributed by atoms with Gasteiger partial charge < -0.3 is 5.73 Å². The summed E-state index contributed by atoms with van der Waals surface area (Å²) in [6.45, 7) is 4.15. The molecule has 2 unspecified atom stereocenters. The van der Waals surface area contributed by atoms with E-state index in [0.717, 1.165) is 25.4 Å². The lowest BCUT2D eigenvalue weighted by Crippen LogP contribution is -2.52. The predicted octanol–water partition coefficient (Wildman–Crippen LogP) is 3.24. The predicted molar refractivity (Wildman–Crippen MR) is 89.2 cm³/mol. The fourth-order valence-corrected chi connectivity index (χ4v) is 3.68. The number of rotatable bonds is 6. The van der Waals surface area contributed by atoms with E-state index >= 15 is 0 Å². The van der Waals surface area contributed by atoms with E-state index in [-0.39, 0.29) is 5.54 Å². The highest BCUT2D eigenvalue weighted by molar-refractivity contribution is 5.04. The summed E-state index contributed by atoms with van der Waals surface area (Å²) in [7, 11) is 2.25. The van der Waals surface area contributed by atoms with Crippen molar-refractivity contribution in [2.45, 2.75) is 57.4 Å². The van der Waals surface area contributed by atoms with Gasteiger partial charge in [-0.05, 0) is 44.4 Å². The van der Waals surface area contributed by atoms with Crippen LogP contribution in [0, 0.1) is 5.92 Å². The van der Waals surface area contributed by atoms with Gasteiger partial charge in [0.2, 0.25) is 0 Å². The standard InChI is InChI=1S/C18H31N3/c1-3-16-7-6-11-18(15-19,12-9-16)21(2)14-10-17-8-4-5-13-20-17/h4-5,8,13,16H,3,6-7,9-12,14-15,19H2,1-2H3. The molecule has 0 aromatic carbocycles. The molecule has 3 heteroatoms. The molecule has 1 fully saturated rings. The fourth-order valence-electron chi connectivity index (χ4n) is 3.68. The van der Waals surface area contributed by atoms with E-state index in [1.54, 1.807) is 0 Å². The van der Waals surface area contributed by atoms with Gasteiger partial charge in [-0.3, -0.25) is 9.88 Å². The smallest absolute Gasteiger partial charge is 0.0416 e. The maximum absolute atomic E-state index is 6.21. The van der Waals surface area contributed by atoms with Gasteiger partial charge in [0, 0.05) is 36.9 Å². The second kappa shape index (κ2) is 7.90. The Hall–Kier alpha value is -0.930. The highest BCUT2D eigenvalue weighted by Gasteiger charge is 2.35. The molecule has 21 heavy (non-hydrogen) atoms. The first-order valence-corrected chi connectivity index (χ1v) is 8.51. The van der Waals surface area contributed by atoms with Crippen LogP contribution in [-0.4, -0.2) is 35.6 Å². The summed E-state index contributed by atoms with van der Waals surface area (Å²) in [4.78, 5) is 6.94. The lowest BCUT2D eigenvalue weighted by Gasteiger charge is -2.41. The van der Waals surface area contributed by atoms with Crippen LogP contribution in [0.4, 0.5) is 0 Å². The molecule has 1 heterocycles. The number of pyridine rings is 1. The van der Waals surface area contributed by atoms with Gasteiger partial charge >= 0.3 is 0 Å². The Morgan fingerprint density at radius 3 is 2.86 bits per heavy atom. The minimum atomic E-state index is 0.207. The fraction of sp³-hybridized carbons (Fsp3) is 0.722. The number of aromatic nitrogens is 1. The summed E-state index contributed by atoms with van der Waals surface area (Å²) >= 11 is 0. The summed E-state index contributed by atoms with van der Waals surface area (Å²) < 4.78 is 0. The van der Waals surface area contributed by atoms with Crippen LogP contribution in [0.25, 0.3) is 0 Å². The molecule has 3 nitrogen and oxygen atoms in total. The van der Waals surface area contributed by atoms with E-state index in [4.69, 9.17) is 5.73 Å². The maximum atomic E-state index is 6.21. The molecule has 2 N–H and O–H groups in total. The van der Waals surface area contributed by atoms with E-state index in [0.29, 0.717) is 0 Å². The van der Waals surface area contributed by atoms with Gasteiger partial charge in [-0.1, -0.05) is 32.3 Å². The SMILES string of the molecule is CCC1CCCC(CN)(N(C)CCc2ccccn2)CC1. The highest BCUT2D eigenvalue weighted by Crippen LogP contribution is 2.34. The van der Waals surface area contributed by atoms with Crippen LogP contribution in [0.3, 0.4) is 0 Å². The molecule has 1 aromatic rings. The Morgan fingerprint density at radius 1 is 1.33 bits per heavy atom. The number of hydrogen-bond donors (Lipinski definition) is 1. The number of nitrogens with zero attached hydrogens (tertiary/aromatic N) is 2. The van der Waals surface area contributed by atoms with Crippen molar-refractivity contribution in [1.29, 1.82) is 0 Å². The van der Waals surface area contributed by atoms with E-state index in [1.165, 1.54) is 44.2 Å². The summed E-state index contributed by atoms with van der Waals surface area (Å²) in [6, 6.07) is 6.16. The molecule has 0 amide bonds. The van der Waals surface area contributed by atoms with E-state index in [9.17, 15) is 0 Å². The second-order valence-electron chi connectivity index (χ2n) is 6.63. The summed E-state index contributed by atoms with van der Waals surface area (Å²) in [5.74, 6) is 0.905. The highest BCUT2D eigenvalue weighted by atomic mass is 15.2. The third kappa shape index (κ3) is 4.27. The van der Waals surface area contributed by atoms with Crippen LogP contribution in [0.15, 0.2) is 24.4 Å². The van der Waals surface area contributed by atoms with Crippen LogP contribution in [0.2, 0.25) is 0 Å². The lowest BCUT2D eigenvalue weighted by molar-refractivity contribution is 0.107. The van der Waals surface area contributed by atoms with Crippen molar-refractivity contribution in [2.75, 3.05) is 20.1 Å². The Balaban J connectivity index is 1.95. The van der Waals surface area contributed by atoms with Crippen LogP contribution in [0.5, 0.6) is 0 Å².